The molecule has 5 fully saturated rings. The van der Waals surface area contributed by atoms with E-state index in [0.29, 0.717) is 29.6 Å². The van der Waals surface area contributed by atoms with E-state index in [0.717, 1.165) is 116 Å². The smallest absolute Gasteiger partial charge is 0.355 e. The number of nitrogens with zero attached hydrogens (tertiary/aromatic N) is 8. The van der Waals surface area contributed by atoms with Gasteiger partial charge in [0.15, 0.2) is 22.5 Å². The van der Waals surface area contributed by atoms with Crippen molar-refractivity contribution in [2.75, 3.05) is 56.1 Å². The van der Waals surface area contributed by atoms with Gasteiger partial charge in [0.1, 0.15) is 5.82 Å². The maximum atomic E-state index is 13.0. The van der Waals surface area contributed by atoms with Crippen LogP contribution in [0.25, 0.3) is 21.3 Å². The normalized spacial score (nSPS) is 28.0. The predicted molar refractivity (Wildman–Crippen MR) is 226 cm³/mol. The molecule has 6 aliphatic rings. The predicted octanol–water partition coefficient (Wildman–Crippen LogP) is 7.53. The van der Waals surface area contributed by atoms with Crippen LogP contribution in [0.15, 0.2) is 42.6 Å². The third-order valence-corrected chi connectivity index (χ3v) is 14.8. The summed E-state index contributed by atoms with van der Waals surface area (Å²) in [5.74, 6) is 0.861. The van der Waals surface area contributed by atoms with Gasteiger partial charge in [-0.15, -0.1) is 10.2 Å². The second-order valence-electron chi connectivity index (χ2n) is 18.8. The molecule has 0 unspecified atom stereocenters. The first-order valence-electron chi connectivity index (χ1n) is 21.0. The summed E-state index contributed by atoms with van der Waals surface area (Å²) < 4.78 is 10.3. The van der Waals surface area contributed by atoms with Crippen LogP contribution < -0.4 is 15.5 Å². The van der Waals surface area contributed by atoms with Crippen LogP contribution in [0.1, 0.15) is 86.1 Å². The molecule has 4 saturated carbocycles. The highest BCUT2D eigenvalue weighted by atomic mass is 32.1. The number of aromatic nitrogens is 6. The Hall–Kier alpha value is -4.50. The quantitative estimate of drug-likeness (QED) is 0.121. The summed E-state index contributed by atoms with van der Waals surface area (Å²) in [6.45, 7) is 16.6. The lowest BCUT2D eigenvalue weighted by molar-refractivity contribution is -0.249. The number of hydrogen-bond acceptors (Lipinski definition) is 12. The van der Waals surface area contributed by atoms with Gasteiger partial charge in [0.05, 0.1) is 28.6 Å². The van der Waals surface area contributed by atoms with Crippen LogP contribution in [-0.2, 0) is 17.7 Å². The highest BCUT2D eigenvalue weighted by Gasteiger charge is 2.66. The number of para-hydroxylation sites is 1. The number of carboxylic acids is 1. The Bertz CT molecular complexity index is 2350. The first-order chi connectivity index (χ1) is 27.9. The Morgan fingerprint density at radius 1 is 0.948 bits per heavy atom. The third-order valence-electron chi connectivity index (χ3n) is 13.8. The van der Waals surface area contributed by atoms with Gasteiger partial charge in [-0.05, 0) is 106 Å². The van der Waals surface area contributed by atoms with E-state index in [2.05, 4.69) is 64.2 Å². The molecule has 4 bridgehead atoms. The van der Waals surface area contributed by atoms with Crippen molar-refractivity contribution in [1.29, 1.82) is 0 Å². The van der Waals surface area contributed by atoms with E-state index < -0.39 is 5.97 Å². The zero-order chi connectivity index (χ0) is 39.9. The second kappa shape index (κ2) is 14.1. The molecule has 6 heterocycles. The van der Waals surface area contributed by atoms with Gasteiger partial charge in [0.2, 0.25) is 0 Å². The molecule has 0 radical (unpaired) electrons. The molecule has 4 atom stereocenters. The molecule has 2 aliphatic heterocycles. The molecule has 4 aromatic heterocycles. The van der Waals surface area contributed by atoms with E-state index in [-0.39, 0.29) is 27.5 Å². The van der Waals surface area contributed by atoms with Crippen LogP contribution in [0.5, 0.6) is 0 Å². The van der Waals surface area contributed by atoms with Gasteiger partial charge in [-0.2, -0.15) is 5.10 Å². The Morgan fingerprint density at radius 3 is 2.52 bits per heavy atom. The van der Waals surface area contributed by atoms with Crippen LogP contribution in [0.2, 0.25) is 0 Å². The number of benzene rings is 1. The number of piperazine rings is 1. The van der Waals surface area contributed by atoms with Crippen molar-refractivity contribution in [2.45, 2.75) is 91.2 Å². The molecule has 4 aliphatic carbocycles. The lowest BCUT2D eigenvalue weighted by atomic mass is 9.39. The molecular weight excluding hydrogens is 749 g/mol. The van der Waals surface area contributed by atoms with Crippen molar-refractivity contribution < 1.29 is 14.6 Å². The van der Waals surface area contributed by atoms with Gasteiger partial charge in [0, 0.05) is 73.8 Å². The number of pyridine rings is 1. The minimum absolute atomic E-state index is 0.0118. The van der Waals surface area contributed by atoms with Crippen LogP contribution in [0.3, 0.4) is 0 Å². The molecule has 5 aromatic rings. The summed E-state index contributed by atoms with van der Waals surface area (Å²) in [5.41, 5.74) is 5.83. The Kier molecular flexibility index (Phi) is 9.15. The number of hydrogen-bond donors (Lipinski definition) is 3. The molecular formula is C44H54N10O3S. The highest BCUT2D eigenvalue weighted by Crippen LogP contribution is 2.72. The molecule has 1 saturated heterocycles. The Morgan fingerprint density at radius 2 is 1.74 bits per heavy atom. The number of rotatable bonds is 11. The van der Waals surface area contributed by atoms with E-state index in [1.165, 1.54) is 19.3 Å². The van der Waals surface area contributed by atoms with Crippen molar-refractivity contribution in [1.82, 2.24) is 40.2 Å². The van der Waals surface area contributed by atoms with Crippen molar-refractivity contribution in [3.63, 3.8) is 0 Å². The SMILES string of the molecule is Cc1c(Nc2nc3ccccc3s2)nnc2c1CCCN2c1ccc(-c2cnn(C[C@]34C[C@]5(C)C[C@](C)(C3)C[C@@](OCCN3CCNCC3)(C5)C4)c2C)c(C(=O)O)n1. The molecule has 1 aromatic carbocycles. The number of aromatic carboxylic acids is 1. The molecule has 58 heavy (non-hydrogen) atoms. The van der Waals surface area contributed by atoms with Crippen molar-refractivity contribution in [3.8, 4) is 11.1 Å². The summed E-state index contributed by atoms with van der Waals surface area (Å²) in [7, 11) is 0. The van der Waals surface area contributed by atoms with Gasteiger partial charge >= 0.3 is 5.97 Å². The number of fused-ring (bicyclic) bond motifs is 2. The fourth-order valence-corrected chi connectivity index (χ4v) is 13.5. The third kappa shape index (κ3) is 6.75. The summed E-state index contributed by atoms with van der Waals surface area (Å²) in [5, 5.41) is 32.5. The van der Waals surface area contributed by atoms with E-state index >= 15 is 0 Å². The van der Waals surface area contributed by atoms with Gasteiger partial charge in [-0.25, -0.2) is 14.8 Å². The Balaban J connectivity index is 0.898. The maximum absolute atomic E-state index is 13.0. The molecule has 304 valence electrons. The molecule has 0 spiro atoms. The van der Waals surface area contributed by atoms with Crippen molar-refractivity contribution in [2.24, 2.45) is 16.2 Å². The molecule has 0 amide bonds. The van der Waals surface area contributed by atoms with E-state index in [1.807, 2.05) is 41.4 Å². The van der Waals surface area contributed by atoms with Gasteiger partial charge in [-0.3, -0.25) is 9.58 Å². The summed E-state index contributed by atoms with van der Waals surface area (Å²) in [6, 6.07) is 11.9. The monoisotopic (exact) mass is 802 g/mol. The van der Waals surface area contributed by atoms with E-state index in [9.17, 15) is 9.90 Å². The molecule has 3 N–H and O–H groups in total. The maximum Gasteiger partial charge on any atom is 0.355 e. The lowest BCUT2D eigenvalue weighted by Gasteiger charge is -2.69. The number of carboxylic acid groups (broad SMARTS) is 1. The number of carbonyl (C=O) groups is 1. The zero-order valence-corrected chi connectivity index (χ0v) is 34.9. The van der Waals surface area contributed by atoms with E-state index in [1.54, 1.807) is 11.3 Å². The molecule has 14 heteroatoms. The minimum Gasteiger partial charge on any atom is -0.476 e. The number of thiazole rings is 1. The minimum atomic E-state index is -1.07. The van der Waals surface area contributed by atoms with Gasteiger partial charge in [-0.1, -0.05) is 37.3 Å². The first-order valence-corrected chi connectivity index (χ1v) is 21.8. The van der Waals surface area contributed by atoms with Gasteiger partial charge < -0.3 is 25.4 Å². The lowest BCUT2D eigenvalue weighted by Crippen LogP contribution is -2.64. The largest absolute Gasteiger partial charge is 0.476 e. The standard InChI is InChI=1S/C44H54N10O3S/c1-28-30-8-7-15-53(38(30)51-50-37(28)49-40-47-33-9-5-6-10-34(33)58-40)35-12-11-31(36(48-35)39(55)56)32-20-46-54(29(32)2)27-43-22-41(3)21-42(4,23-43)25-44(24-41,26-43)57-19-18-52-16-13-45-14-17-52/h5-6,9-12,20,45H,7-8,13-19,21-27H2,1-4H3,(H,55,56)(H,47,49,50)/t41-,42+,43+,44-. The summed E-state index contributed by atoms with van der Waals surface area (Å²) in [4.78, 5) is 27.0. The van der Waals surface area contributed by atoms with Crippen molar-refractivity contribution >= 4 is 50.1 Å². The first kappa shape index (κ1) is 37.7. The van der Waals surface area contributed by atoms with Gasteiger partial charge in [0.25, 0.3) is 0 Å². The topological polar surface area (TPSA) is 146 Å². The highest BCUT2D eigenvalue weighted by molar-refractivity contribution is 7.22. The van der Waals surface area contributed by atoms with Crippen molar-refractivity contribution in [3.05, 3.63) is 65.1 Å². The second-order valence-corrected chi connectivity index (χ2v) is 19.9. The molecule has 11 rings (SSSR count). The fourth-order valence-electron chi connectivity index (χ4n) is 12.6. The Labute approximate surface area is 343 Å². The number of ether oxygens (including phenoxy) is 1. The number of nitrogens with one attached hydrogen (secondary N) is 2. The fraction of sp³-hybridized carbons (Fsp3) is 0.545. The summed E-state index contributed by atoms with van der Waals surface area (Å²) >= 11 is 1.58. The molecule has 13 nitrogen and oxygen atoms in total. The number of anilines is 4. The average Bonchev–Trinajstić information content (AvgIpc) is 3.76. The average molecular weight is 803 g/mol. The zero-order valence-electron chi connectivity index (χ0n) is 34.1. The van der Waals surface area contributed by atoms with Crippen LogP contribution in [0, 0.1) is 30.1 Å². The van der Waals surface area contributed by atoms with Crippen LogP contribution in [-0.4, -0.2) is 97.4 Å². The van der Waals surface area contributed by atoms with Crippen LogP contribution in [0.4, 0.5) is 22.6 Å². The van der Waals surface area contributed by atoms with E-state index in [4.69, 9.17) is 19.8 Å². The van der Waals surface area contributed by atoms with Crippen LogP contribution >= 0.6 is 11.3 Å². The summed E-state index contributed by atoms with van der Waals surface area (Å²) in [6.07, 6.45) is 10.5.